The van der Waals surface area contributed by atoms with Crippen LogP contribution in [-0.2, 0) is 9.22 Å². The van der Waals surface area contributed by atoms with Crippen molar-refractivity contribution in [2.45, 2.75) is 77.9 Å². The van der Waals surface area contributed by atoms with E-state index in [2.05, 4.69) is 68.9 Å². The summed E-state index contributed by atoms with van der Waals surface area (Å²) >= 11 is 0. The number of carbonyl (C=O) groups is 1. The van der Waals surface area contributed by atoms with Gasteiger partial charge < -0.3 is 4.43 Å². The van der Waals surface area contributed by atoms with Gasteiger partial charge in [-0.3, -0.25) is 4.79 Å². The molecule has 0 N–H and O–H groups in total. The molecule has 3 atom stereocenters. The van der Waals surface area contributed by atoms with Gasteiger partial charge in [-0.2, -0.15) is 0 Å². The van der Waals surface area contributed by atoms with E-state index in [1.54, 1.807) is 0 Å². The number of carbonyl (C=O) groups excluding carboxylic acids is 1. The fraction of sp³-hybridized carbons (Fsp3) is 0.824. The van der Waals surface area contributed by atoms with Gasteiger partial charge in [0.25, 0.3) is 14.3 Å². The summed E-state index contributed by atoms with van der Waals surface area (Å²) in [5, 5.41) is 0.0257. The molecule has 1 saturated heterocycles. The second kappa shape index (κ2) is 4.72. The van der Waals surface area contributed by atoms with Crippen molar-refractivity contribution >= 4 is 14.3 Å². The molecule has 0 amide bonds. The lowest BCUT2D eigenvalue weighted by Crippen LogP contribution is -2.55. The van der Waals surface area contributed by atoms with Crippen LogP contribution in [0.25, 0.3) is 0 Å². The maximum atomic E-state index is 12.8. The van der Waals surface area contributed by atoms with Crippen LogP contribution in [0.2, 0.25) is 15.6 Å². The molecule has 1 rings (SSSR count). The highest BCUT2D eigenvalue weighted by Crippen LogP contribution is 2.67. The largest absolute Gasteiger partial charge is 0.517 e. The van der Waals surface area contributed by atoms with Gasteiger partial charge >= 0.3 is 0 Å². The Hall–Kier alpha value is -0.573. The molecule has 0 saturated carbocycles. The number of rotatable bonds is 2. The zero-order valence-corrected chi connectivity index (χ0v) is 15.8. The lowest BCUT2D eigenvalue weighted by atomic mass is 9.75. The molecule has 1 heterocycles. The van der Waals surface area contributed by atoms with Crippen LogP contribution in [0.3, 0.4) is 0 Å². The Morgan fingerprint density at radius 3 is 1.90 bits per heavy atom. The summed E-state index contributed by atoms with van der Waals surface area (Å²) in [4.78, 5) is 12.8. The summed E-state index contributed by atoms with van der Waals surface area (Å²) in [5.41, 5.74) is -0.190. The molecule has 0 radical (unpaired) electrons. The van der Waals surface area contributed by atoms with Crippen molar-refractivity contribution < 1.29 is 9.22 Å². The second-order valence-electron chi connectivity index (χ2n) is 8.65. The third-order valence-electron chi connectivity index (χ3n) is 5.73. The van der Waals surface area contributed by atoms with Crippen LogP contribution in [0.5, 0.6) is 0 Å². The van der Waals surface area contributed by atoms with Crippen molar-refractivity contribution in [3.63, 3.8) is 0 Å². The number of hydrogen-bond donors (Lipinski definition) is 0. The second-order valence-corrected chi connectivity index (χ2v) is 14.2. The minimum atomic E-state index is -2.31. The van der Waals surface area contributed by atoms with Crippen molar-refractivity contribution in [1.29, 1.82) is 0 Å². The zero-order chi connectivity index (χ0) is 16.1. The van der Waals surface area contributed by atoms with Gasteiger partial charge in [-0.1, -0.05) is 61.5 Å². The molecule has 0 aromatic rings. The van der Waals surface area contributed by atoms with Gasteiger partial charge in [-0.05, 0) is 22.9 Å². The van der Waals surface area contributed by atoms with Gasteiger partial charge in [0, 0.05) is 5.54 Å². The Labute approximate surface area is 126 Å². The average Bonchev–Trinajstić information content (AvgIpc) is 2.49. The fourth-order valence-corrected chi connectivity index (χ4v) is 11.9. The third-order valence-corrected chi connectivity index (χ3v) is 12.5. The Balaban J connectivity index is 3.55. The van der Waals surface area contributed by atoms with E-state index in [0.29, 0.717) is 0 Å². The van der Waals surface area contributed by atoms with Crippen LogP contribution in [0.4, 0.5) is 0 Å². The van der Waals surface area contributed by atoms with E-state index in [0.717, 1.165) is 0 Å². The van der Waals surface area contributed by atoms with E-state index < -0.39 is 13.7 Å². The van der Waals surface area contributed by atoms with E-state index in [-0.39, 0.29) is 27.5 Å². The van der Waals surface area contributed by atoms with E-state index in [1.165, 1.54) is 0 Å². The maximum Gasteiger partial charge on any atom is 0.299 e. The first kappa shape index (κ1) is 17.5. The molecule has 0 bridgehead atoms. The van der Waals surface area contributed by atoms with Crippen LogP contribution in [0.1, 0.15) is 62.3 Å². The predicted octanol–water partition coefficient (Wildman–Crippen LogP) is 5.31. The summed E-state index contributed by atoms with van der Waals surface area (Å²) in [6.45, 7) is 23.7. The normalized spacial score (nSPS) is 31.9. The molecule has 0 aliphatic carbocycles. The SMILES string of the molecule is C=C[C@@H](C)[C@@]1(C)C(=O)O[Si](C(C)(C)C)(C(C)(C)C)[C@@H]1C. The Morgan fingerprint density at radius 2 is 1.65 bits per heavy atom. The van der Waals surface area contributed by atoms with Crippen molar-refractivity contribution in [2.75, 3.05) is 0 Å². The summed E-state index contributed by atoms with van der Waals surface area (Å²) < 4.78 is 6.28. The summed E-state index contributed by atoms with van der Waals surface area (Å²) in [6.07, 6.45) is 1.90. The van der Waals surface area contributed by atoms with E-state index in [4.69, 9.17) is 4.43 Å². The lowest BCUT2D eigenvalue weighted by Gasteiger charge is -2.50. The highest BCUT2D eigenvalue weighted by Gasteiger charge is 2.72. The van der Waals surface area contributed by atoms with Gasteiger partial charge in [0.2, 0.25) is 0 Å². The highest BCUT2D eigenvalue weighted by molar-refractivity contribution is 6.83. The molecule has 116 valence electrons. The van der Waals surface area contributed by atoms with Gasteiger partial charge in [-0.25, -0.2) is 0 Å². The van der Waals surface area contributed by atoms with Crippen molar-refractivity contribution in [1.82, 2.24) is 0 Å². The highest BCUT2D eigenvalue weighted by atomic mass is 28.4. The minimum absolute atomic E-state index is 0.0129. The van der Waals surface area contributed by atoms with Gasteiger partial charge in [0.15, 0.2) is 0 Å². The molecule has 0 unspecified atom stereocenters. The standard InChI is InChI=1S/C17H32O2Si/c1-11-12(2)17(10)13(3)20(15(4,5)6,16(7,8)9)19-14(17)18/h11-13H,1H2,2-10H3/t12-,13-,17-/m1/s1. The molecule has 0 aromatic carbocycles. The van der Waals surface area contributed by atoms with Crippen LogP contribution in [0, 0.1) is 11.3 Å². The topological polar surface area (TPSA) is 26.3 Å². The summed E-state index contributed by atoms with van der Waals surface area (Å²) in [6, 6.07) is 0. The van der Waals surface area contributed by atoms with Gasteiger partial charge in [-0.15, -0.1) is 6.58 Å². The van der Waals surface area contributed by atoms with Crippen molar-refractivity contribution in [3.05, 3.63) is 12.7 Å². The summed E-state index contributed by atoms with van der Waals surface area (Å²) in [7, 11) is -2.31. The van der Waals surface area contributed by atoms with Gasteiger partial charge in [0.05, 0.1) is 5.41 Å². The molecule has 3 heteroatoms. The quantitative estimate of drug-likeness (QED) is 0.510. The molecular weight excluding hydrogens is 264 g/mol. The summed E-state index contributed by atoms with van der Waals surface area (Å²) in [5.74, 6) is 0.109. The molecule has 1 aliphatic heterocycles. The predicted molar refractivity (Wildman–Crippen MR) is 88.2 cm³/mol. The van der Waals surface area contributed by atoms with Crippen molar-refractivity contribution in [2.24, 2.45) is 11.3 Å². The molecule has 2 nitrogen and oxygen atoms in total. The fourth-order valence-electron chi connectivity index (χ4n) is 4.50. The molecule has 1 aliphatic rings. The first-order valence-electron chi connectivity index (χ1n) is 7.62. The first-order chi connectivity index (χ1) is 8.76. The monoisotopic (exact) mass is 296 g/mol. The Kier molecular flexibility index (Phi) is 4.13. The minimum Gasteiger partial charge on any atom is -0.517 e. The maximum absolute atomic E-state index is 12.8. The van der Waals surface area contributed by atoms with Crippen LogP contribution < -0.4 is 0 Å². The van der Waals surface area contributed by atoms with Gasteiger partial charge in [0.1, 0.15) is 0 Å². The van der Waals surface area contributed by atoms with Crippen LogP contribution in [0.15, 0.2) is 12.7 Å². The molecule has 0 spiro atoms. The zero-order valence-electron chi connectivity index (χ0n) is 14.8. The molecular formula is C17H32O2Si. The number of hydrogen-bond acceptors (Lipinski definition) is 2. The van der Waals surface area contributed by atoms with Crippen molar-refractivity contribution in [3.8, 4) is 0 Å². The average molecular weight is 297 g/mol. The van der Waals surface area contributed by atoms with Crippen LogP contribution in [-0.4, -0.2) is 14.3 Å². The van der Waals surface area contributed by atoms with E-state index >= 15 is 0 Å². The Bertz CT molecular complexity index is 400. The smallest absolute Gasteiger partial charge is 0.299 e. The molecule has 0 aromatic heterocycles. The van der Waals surface area contributed by atoms with E-state index in [9.17, 15) is 4.79 Å². The van der Waals surface area contributed by atoms with Crippen LogP contribution >= 0.6 is 0 Å². The third kappa shape index (κ3) is 2.01. The first-order valence-corrected chi connectivity index (χ1v) is 9.61. The molecule has 20 heavy (non-hydrogen) atoms. The Morgan fingerprint density at radius 1 is 1.25 bits per heavy atom. The number of allylic oxidation sites excluding steroid dienone is 1. The molecule has 1 fully saturated rings. The lowest BCUT2D eigenvalue weighted by molar-refractivity contribution is -0.143. The van der Waals surface area contributed by atoms with E-state index in [1.807, 2.05) is 6.08 Å².